The summed E-state index contributed by atoms with van der Waals surface area (Å²) in [5.74, 6) is 1.03. The molecule has 1 aliphatic heterocycles. The number of hydrogen-bond donors (Lipinski definition) is 0. The van der Waals surface area contributed by atoms with E-state index in [1.54, 1.807) is 12.1 Å². The molecule has 0 N–H and O–H groups in total. The molecule has 0 spiro atoms. The highest BCUT2D eigenvalue weighted by Crippen LogP contribution is 2.26. The lowest BCUT2D eigenvalue weighted by Gasteiger charge is -2.18. The fraction of sp³-hybridized carbons (Fsp3) is 0.538. The second kappa shape index (κ2) is 5.45. The van der Waals surface area contributed by atoms with Crippen molar-refractivity contribution < 1.29 is 4.79 Å². The molecule has 0 bridgehead atoms. The molecule has 0 saturated carbocycles. The number of carbonyl (C=O) groups is 1. The third kappa shape index (κ3) is 2.78. The van der Waals surface area contributed by atoms with Crippen LogP contribution < -0.4 is 0 Å². The lowest BCUT2D eigenvalue weighted by molar-refractivity contribution is 0.0778. The molecular formula is C13H16Cl2N2O. The van der Waals surface area contributed by atoms with E-state index in [2.05, 4.69) is 18.8 Å². The van der Waals surface area contributed by atoms with E-state index in [0.29, 0.717) is 22.0 Å². The third-order valence-electron chi connectivity index (χ3n) is 3.47. The zero-order valence-corrected chi connectivity index (χ0v) is 12.0. The first kappa shape index (κ1) is 13.6. The van der Waals surface area contributed by atoms with Crippen LogP contribution in [0.1, 0.15) is 30.8 Å². The minimum Gasteiger partial charge on any atom is -0.337 e. The first-order valence-corrected chi connectivity index (χ1v) is 6.86. The highest BCUT2D eigenvalue weighted by molar-refractivity contribution is 6.34. The molecule has 1 aromatic heterocycles. The van der Waals surface area contributed by atoms with Crippen LogP contribution in [0.15, 0.2) is 12.1 Å². The van der Waals surface area contributed by atoms with Gasteiger partial charge in [0.25, 0.3) is 5.91 Å². The van der Waals surface area contributed by atoms with E-state index in [1.807, 2.05) is 4.90 Å². The van der Waals surface area contributed by atoms with Gasteiger partial charge < -0.3 is 4.90 Å². The van der Waals surface area contributed by atoms with E-state index in [1.165, 1.54) is 0 Å². The van der Waals surface area contributed by atoms with Crippen molar-refractivity contribution in [2.24, 2.45) is 11.8 Å². The highest BCUT2D eigenvalue weighted by atomic mass is 35.5. The molecule has 1 saturated heterocycles. The van der Waals surface area contributed by atoms with E-state index in [0.717, 1.165) is 19.5 Å². The van der Waals surface area contributed by atoms with Crippen molar-refractivity contribution in [1.82, 2.24) is 9.88 Å². The molecule has 5 heteroatoms. The predicted octanol–water partition coefficient (Wildman–Crippen LogP) is 3.51. The Morgan fingerprint density at radius 3 is 2.78 bits per heavy atom. The third-order valence-corrected chi connectivity index (χ3v) is 3.98. The van der Waals surface area contributed by atoms with Gasteiger partial charge in [0.1, 0.15) is 10.8 Å². The van der Waals surface area contributed by atoms with E-state index in [4.69, 9.17) is 23.2 Å². The quantitative estimate of drug-likeness (QED) is 0.780. The molecule has 0 radical (unpaired) electrons. The van der Waals surface area contributed by atoms with Crippen LogP contribution in [0.5, 0.6) is 0 Å². The van der Waals surface area contributed by atoms with Crippen molar-refractivity contribution in [2.75, 3.05) is 13.1 Å². The summed E-state index contributed by atoms with van der Waals surface area (Å²) in [7, 11) is 0. The Hall–Kier alpha value is -0.800. The summed E-state index contributed by atoms with van der Waals surface area (Å²) in [6.07, 6.45) is 1.04. The Kier molecular flexibility index (Phi) is 4.13. The molecule has 3 nitrogen and oxygen atoms in total. The van der Waals surface area contributed by atoms with Crippen LogP contribution in [0.4, 0.5) is 0 Å². The van der Waals surface area contributed by atoms with Crippen LogP contribution in [0.25, 0.3) is 0 Å². The van der Waals surface area contributed by atoms with Crippen molar-refractivity contribution in [2.45, 2.75) is 20.3 Å². The molecular weight excluding hydrogens is 271 g/mol. The standard InChI is InChI=1S/C13H16Cl2N2O/c1-8(2)9-5-6-17(7-9)13(18)12-10(14)3-4-11(15)16-12/h3-4,8-9H,5-7H2,1-2H3. The van der Waals surface area contributed by atoms with Gasteiger partial charge in [-0.1, -0.05) is 37.0 Å². The summed E-state index contributed by atoms with van der Waals surface area (Å²) in [6, 6.07) is 3.20. The number of halogens is 2. The second-order valence-electron chi connectivity index (χ2n) is 5.01. The van der Waals surface area contributed by atoms with Crippen LogP contribution in [0.3, 0.4) is 0 Å². The van der Waals surface area contributed by atoms with Crippen LogP contribution in [0.2, 0.25) is 10.2 Å². The lowest BCUT2D eigenvalue weighted by atomic mass is 9.95. The highest BCUT2D eigenvalue weighted by Gasteiger charge is 2.30. The van der Waals surface area contributed by atoms with Crippen molar-refractivity contribution in [3.8, 4) is 0 Å². The molecule has 1 amide bonds. The SMILES string of the molecule is CC(C)C1CCN(C(=O)c2nc(Cl)ccc2Cl)C1. The number of nitrogens with zero attached hydrogens (tertiary/aromatic N) is 2. The fourth-order valence-corrected chi connectivity index (χ4v) is 2.57. The first-order chi connectivity index (χ1) is 8.49. The summed E-state index contributed by atoms with van der Waals surface area (Å²) >= 11 is 11.8. The molecule has 1 aliphatic rings. The van der Waals surface area contributed by atoms with E-state index in [9.17, 15) is 4.79 Å². The van der Waals surface area contributed by atoms with Gasteiger partial charge in [-0.15, -0.1) is 0 Å². The molecule has 0 aliphatic carbocycles. The molecule has 2 rings (SSSR count). The molecule has 1 atom stereocenters. The van der Waals surface area contributed by atoms with Gasteiger partial charge in [-0.05, 0) is 30.4 Å². The smallest absolute Gasteiger partial charge is 0.274 e. The largest absolute Gasteiger partial charge is 0.337 e. The Labute approximate surface area is 117 Å². The number of amides is 1. The predicted molar refractivity (Wildman–Crippen MR) is 73.1 cm³/mol. The summed E-state index contributed by atoms with van der Waals surface area (Å²) < 4.78 is 0. The van der Waals surface area contributed by atoms with Crippen molar-refractivity contribution in [1.29, 1.82) is 0 Å². The van der Waals surface area contributed by atoms with Crippen molar-refractivity contribution in [3.05, 3.63) is 28.0 Å². The average Bonchev–Trinajstić information content (AvgIpc) is 2.81. The molecule has 1 unspecified atom stereocenters. The Morgan fingerprint density at radius 1 is 1.44 bits per heavy atom. The first-order valence-electron chi connectivity index (χ1n) is 6.10. The number of hydrogen-bond acceptors (Lipinski definition) is 2. The van der Waals surface area contributed by atoms with Crippen molar-refractivity contribution in [3.63, 3.8) is 0 Å². The van der Waals surface area contributed by atoms with Gasteiger partial charge in [0.2, 0.25) is 0 Å². The molecule has 2 heterocycles. The normalized spacial score (nSPS) is 19.6. The van der Waals surface area contributed by atoms with Gasteiger partial charge in [-0.2, -0.15) is 0 Å². The van der Waals surface area contributed by atoms with E-state index < -0.39 is 0 Å². The Balaban J connectivity index is 2.15. The number of carbonyl (C=O) groups excluding carboxylic acids is 1. The minimum absolute atomic E-state index is 0.120. The Morgan fingerprint density at radius 2 is 2.17 bits per heavy atom. The maximum atomic E-state index is 12.3. The summed E-state index contributed by atoms with van der Waals surface area (Å²) in [5.41, 5.74) is 0.258. The molecule has 0 aromatic carbocycles. The van der Waals surface area contributed by atoms with Crippen LogP contribution in [-0.2, 0) is 0 Å². The number of pyridine rings is 1. The summed E-state index contributed by atoms with van der Waals surface area (Å²) in [4.78, 5) is 18.2. The van der Waals surface area contributed by atoms with Crippen LogP contribution in [-0.4, -0.2) is 28.9 Å². The van der Waals surface area contributed by atoms with Crippen molar-refractivity contribution >= 4 is 29.1 Å². The fourth-order valence-electron chi connectivity index (χ4n) is 2.23. The number of rotatable bonds is 2. The van der Waals surface area contributed by atoms with E-state index >= 15 is 0 Å². The maximum Gasteiger partial charge on any atom is 0.274 e. The van der Waals surface area contributed by atoms with Crippen LogP contribution in [0, 0.1) is 11.8 Å². The monoisotopic (exact) mass is 286 g/mol. The van der Waals surface area contributed by atoms with E-state index in [-0.39, 0.29) is 11.6 Å². The van der Waals surface area contributed by atoms with Gasteiger partial charge in [-0.25, -0.2) is 4.98 Å². The zero-order valence-electron chi connectivity index (χ0n) is 10.5. The maximum absolute atomic E-state index is 12.3. The summed E-state index contributed by atoms with van der Waals surface area (Å²) in [5, 5.41) is 0.653. The Bertz CT molecular complexity index is 462. The van der Waals surface area contributed by atoms with Gasteiger partial charge in [0.05, 0.1) is 5.02 Å². The average molecular weight is 287 g/mol. The van der Waals surface area contributed by atoms with Gasteiger partial charge in [-0.3, -0.25) is 4.79 Å². The minimum atomic E-state index is -0.120. The molecule has 1 aromatic rings. The zero-order chi connectivity index (χ0) is 13.3. The molecule has 1 fully saturated rings. The van der Waals surface area contributed by atoms with Gasteiger partial charge >= 0.3 is 0 Å². The second-order valence-corrected chi connectivity index (χ2v) is 5.80. The van der Waals surface area contributed by atoms with Gasteiger partial charge in [0.15, 0.2) is 0 Å². The topological polar surface area (TPSA) is 33.2 Å². The number of aromatic nitrogens is 1. The lowest BCUT2D eigenvalue weighted by Crippen LogP contribution is -2.30. The molecule has 18 heavy (non-hydrogen) atoms. The number of likely N-dealkylation sites (tertiary alicyclic amines) is 1. The summed E-state index contributed by atoms with van der Waals surface area (Å²) in [6.45, 7) is 5.92. The van der Waals surface area contributed by atoms with Crippen LogP contribution >= 0.6 is 23.2 Å². The van der Waals surface area contributed by atoms with Gasteiger partial charge in [0, 0.05) is 13.1 Å². The molecule has 98 valence electrons.